The second-order valence-electron chi connectivity index (χ2n) is 5.23. The van der Waals surface area contributed by atoms with Crippen LogP contribution in [0.4, 0.5) is 0 Å². The molecule has 2 heteroatoms. The SMILES string of the molecule is Cc1cn2c3c(cccc13)OC1(CCC1)C2. The van der Waals surface area contributed by atoms with Gasteiger partial charge in [0.15, 0.2) is 0 Å². The molecular weight excluding hydrogens is 198 g/mol. The highest BCUT2D eigenvalue weighted by atomic mass is 16.5. The van der Waals surface area contributed by atoms with E-state index in [0.29, 0.717) is 0 Å². The molecular formula is C14H15NO. The zero-order valence-electron chi connectivity index (χ0n) is 9.49. The van der Waals surface area contributed by atoms with Crippen LogP contribution in [0.5, 0.6) is 5.75 Å². The summed E-state index contributed by atoms with van der Waals surface area (Å²) >= 11 is 0. The Balaban J connectivity index is 2.00. The van der Waals surface area contributed by atoms with Crippen LogP contribution in [-0.4, -0.2) is 10.2 Å². The summed E-state index contributed by atoms with van der Waals surface area (Å²) in [7, 11) is 0. The maximum absolute atomic E-state index is 6.22. The highest BCUT2D eigenvalue weighted by molar-refractivity contribution is 5.89. The predicted octanol–water partition coefficient (Wildman–Crippen LogP) is 3.26. The molecule has 1 aromatic carbocycles. The van der Waals surface area contributed by atoms with Crippen LogP contribution in [0.2, 0.25) is 0 Å². The molecule has 2 aliphatic rings. The third kappa shape index (κ3) is 0.927. The summed E-state index contributed by atoms with van der Waals surface area (Å²) in [6, 6.07) is 6.40. The molecule has 0 bridgehead atoms. The fourth-order valence-corrected chi connectivity index (χ4v) is 3.12. The smallest absolute Gasteiger partial charge is 0.144 e. The first-order valence-corrected chi connectivity index (χ1v) is 6.05. The highest BCUT2D eigenvalue weighted by Gasteiger charge is 2.42. The van der Waals surface area contributed by atoms with E-state index in [4.69, 9.17) is 4.74 Å². The average molecular weight is 213 g/mol. The number of benzene rings is 1. The summed E-state index contributed by atoms with van der Waals surface area (Å²) in [4.78, 5) is 0. The molecule has 0 amide bonds. The largest absolute Gasteiger partial charge is 0.483 e. The van der Waals surface area contributed by atoms with Crippen molar-refractivity contribution in [3.05, 3.63) is 30.0 Å². The van der Waals surface area contributed by atoms with Gasteiger partial charge in [0.25, 0.3) is 0 Å². The molecule has 0 atom stereocenters. The van der Waals surface area contributed by atoms with Crippen molar-refractivity contribution in [1.29, 1.82) is 0 Å². The average Bonchev–Trinajstić information content (AvgIpc) is 2.55. The zero-order valence-corrected chi connectivity index (χ0v) is 9.49. The van der Waals surface area contributed by atoms with E-state index in [0.717, 1.165) is 12.3 Å². The Morgan fingerprint density at radius 2 is 2.19 bits per heavy atom. The van der Waals surface area contributed by atoms with Gasteiger partial charge in [-0.2, -0.15) is 0 Å². The summed E-state index contributed by atoms with van der Waals surface area (Å²) in [5.74, 6) is 1.08. The van der Waals surface area contributed by atoms with E-state index >= 15 is 0 Å². The lowest BCUT2D eigenvalue weighted by Gasteiger charge is -2.44. The van der Waals surface area contributed by atoms with E-state index < -0.39 is 0 Å². The van der Waals surface area contributed by atoms with Gasteiger partial charge < -0.3 is 9.30 Å². The van der Waals surface area contributed by atoms with E-state index in [2.05, 4.69) is 35.9 Å². The Kier molecular flexibility index (Phi) is 1.42. The van der Waals surface area contributed by atoms with Gasteiger partial charge >= 0.3 is 0 Å². The first-order chi connectivity index (χ1) is 7.77. The van der Waals surface area contributed by atoms with Crippen LogP contribution < -0.4 is 4.74 Å². The van der Waals surface area contributed by atoms with Crippen molar-refractivity contribution >= 4 is 10.9 Å². The van der Waals surface area contributed by atoms with Gasteiger partial charge in [-0.25, -0.2) is 0 Å². The molecule has 82 valence electrons. The third-order valence-electron chi connectivity index (χ3n) is 4.11. The maximum Gasteiger partial charge on any atom is 0.144 e. The van der Waals surface area contributed by atoms with E-state index in [-0.39, 0.29) is 5.60 Å². The van der Waals surface area contributed by atoms with Crippen molar-refractivity contribution < 1.29 is 4.74 Å². The molecule has 0 radical (unpaired) electrons. The minimum absolute atomic E-state index is 0.118. The van der Waals surface area contributed by atoms with E-state index in [1.807, 2.05) is 0 Å². The number of aryl methyl sites for hydroxylation is 1. The predicted molar refractivity (Wildman–Crippen MR) is 63.9 cm³/mol. The van der Waals surface area contributed by atoms with Crippen LogP contribution in [0.25, 0.3) is 10.9 Å². The van der Waals surface area contributed by atoms with Crippen LogP contribution in [0.15, 0.2) is 24.4 Å². The van der Waals surface area contributed by atoms with Gasteiger partial charge in [0.05, 0.1) is 12.1 Å². The van der Waals surface area contributed by atoms with Crippen LogP contribution in [0.1, 0.15) is 24.8 Å². The minimum Gasteiger partial charge on any atom is -0.483 e. The maximum atomic E-state index is 6.22. The molecule has 0 saturated heterocycles. The topological polar surface area (TPSA) is 14.2 Å². The standard InChI is InChI=1S/C14H15NO/c1-10-8-15-9-14(6-3-7-14)16-12-5-2-4-11(10)13(12)15/h2,4-5,8H,3,6-7,9H2,1H3. The van der Waals surface area contributed by atoms with E-state index in [9.17, 15) is 0 Å². The fraction of sp³-hybridized carbons (Fsp3) is 0.429. The summed E-state index contributed by atoms with van der Waals surface area (Å²) < 4.78 is 8.61. The number of rotatable bonds is 0. The van der Waals surface area contributed by atoms with Crippen LogP contribution in [0.3, 0.4) is 0 Å². The molecule has 1 aromatic heterocycles. The molecule has 0 unspecified atom stereocenters. The second kappa shape index (κ2) is 2.62. The van der Waals surface area contributed by atoms with Crippen molar-refractivity contribution in [2.24, 2.45) is 0 Å². The third-order valence-corrected chi connectivity index (χ3v) is 4.11. The van der Waals surface area contributed by atoms with Gasteiger partial charge in [0.2, 0.25) is 0 Å². The zero-order chi connectivity index (χ0) is 10.8. The number of ether oxygens (including phenoxy) is 1. The van der Waals surface area contributed by atoms with Gasteiger partial charge in [-0.05, 0) is 37.8 Å². The Morgan fingerprint density at radius 1 is 1.31 bits per heavy atom. The Morgan fingerprint density at radius 3 is 2.94 bits per heavy atom. The molecule has 0 N–H and O–H groups in total. The summed E-state index contributed by atoms with van der Waals surface area (Å²) in [6.45, 7) is 3.22. The lowest BCUT2D eigenvalue weighted by atomic mass is 9.79. The molecule has 2 nitrogen and oxygen atoms in total. The fourth-order valence-electron chi connectivity index (χ4n) is 3.12. The van der Waals surface area contributed by atoms with Crippen molar-refractivity contribution in [1.82, 2.24) is 4.57 Å². The van der Waals surface area contributed by atoms with Crippen molar-refractivity contribution in [2.45, 2.75) is 38.3 Å². The van der Waals surface area contributed by atoms with Gasteiger partial charge in [-0.3, -0.25) is 0 Å². The normalized spacial score (nSPS) is 20.8. The number of hydrogen-bond donors (Lipinski definition) is 0. The van der Waals surface area contributed by atoms with E-state index in [1.54, 1.807) is 0 Å². The van der Waals surface area contributed by atoms with Crippen molar-refractivity contribution in [3.63, 3.8) is 0 Å². The first kappa shape index (κ1) is 8.68. The molecule has 1 aliphatic carbocycles. The monoisotopic (exact) mass is 213 g/mol. The Labute approximate surface area is 94.8 Å². The molecule has 1 saturated carbocycles. The van der Waals surface area contributed by atoms with Crippen molar-refractivity contribution in [3.8, 4) is 5.75 Å². The molecule has 1 aliphatic heterocycles. The molecule has 2 aromatic rings. The highest BCUT2D eigenvalue weighted by Crippen LogP contribution is 2.44. The molecule has 4 rings (SSSR count). The molecule has 1 spiro atoms. The quantitative estimate of drug-likeness (QED) is 0.655. The Hall–Kier alpha value is -1.44. The summed E-state index contributed by atoms with van der Waals surface area (Å²) in [5, 5.41) is 1.34. The molecule has 16 heavy (non-hydrogen) atoms. The van der Waals surface area contributed by atoms with Gasteiger partial charge in [-0.15, -0.1) is 0 Å². The number of hydrogen-bond acceptors (Lipinski definition) is 1. The summed E-state index contributed by atoms with van der Waals surface area (Å²) in [5.41, 5.74) is 2.77. The molecule has 2 heterocycles. The van der Waals surface area contributed by atoms with Crippen molar-refractivity contribution in [2.75, 3.05) is 0 Å². The molecule has 1 fully saturated rings. The summed E-state index contributed by atoms with van der Waals surface area (Å²) in [6.07, 6.45) is 6.00. The lowest BCUT2D eigenvalue weighted by molar-refractivity contribution is -0.0278. The lowest BCUT2D eigenvalue weighted by Crippen LogP contribution is -2.48. The van der Waals surface area contributed by atoms with E-state index in [1.165, 1.54) is 35.7 Å². The van der Waals surface area contributed by atoms with Gasteiger partial charge in [0, 0.05) is 11.6 Å². The van der Waals surface area contributed by atoms with Crippen LogP contribution in [-0.2, 0) is 6.54 Å². The van der Waals surface area contributed by atoms with Crippen LogP contribution in [0, 0.1) is 6.92 Å². The Bertz CT molecular complexity index is 578. The van der Waals surface area contributed by atoms with Gasteiger partial charge in [-0.1, -0.05) is 12.1 Å². The van der Waals surface area contributed by atoms with Crippen LogP contribution >= 0.6 is 0 Å². The number of nitrogens with zero attached hydrogens (tertiary/aromatic N) is 1. The second-order valence-corrected chi connectivity index (χ2v) is 5.23. The minimum atomic E-state index is 0.118. The number of aromatic nitrogens is 1. The number of para-hydroxylation sites is 1. The first-order valence-electron chi connectivity index (χ1n) is 6.05. The van der Waals surface area contributed by atoms with Gasteiger partial charge in [0.1, 0.15) is 11.4 Å².